The predicted molar refractivity (Wildman–Crippen MR) is 215 cm³/mol. The lowest BCUT2D eigenvalue weighted by Gasteiger charge is -2.28. The quantitative estimate of drug-likeness (QED) is 0.178. The number of rotatable bonds is 5. The zero-order chi connectivity index (χ0) is 32.3. The molecule has 230 valence electrons. The van der Waals surface area contributed by atoms with Gasteiger partial charge >= 0.3 is 0 Å². The molecule has 2 heterocycles. The highest BCUT2D eigenvalue weighted by molar-refractivity contribution is 7.26. The van der Waals surface area contributed by atoms with Gasteiger partial charge in [-0.15, -0.1) is 22.7 Å². The van der Waals surface area contributed by atoms with Gasteiger partial charge in [-0.05, 0) is 81.6 Å². The Hall–Kier alpha value is -5.74. The van der Waals surface area contributed by atoms with Gasteiger partial charge in [-0.25, -0.2) is 0 Å². The fourth-order valence-corrected chi connectivity index (χ4v) is 9.76. The van der Waals surface area contributed by atoms with E-state index in [0.29, 0.717) is 0 Å². The van der Waals surface area contributed by atoms with Crippen molar-refractivity contribution in [3.63, 3.8) is 0 Å². The van der Waals surface area contributed by atoms with Crippen molar-refractivity contribution in [3.8, 4) is 22.3 Å². The highest BCUT2D eigenvalue weighted by Crippen LogP contribution is 2.48. The molecule has 1 nitrogen and oxygen atoms in total. The van der Waals surface area contributed by atoms with Gasteiger partial charge in [0.25, 0.3) is 0 Å². The Balaban J connectivity index is 1.28. The van der Waals surface area contributed by atoms with E-state index in [9.17, 15) is 0 Å². The summed E-state index contributed by atoms with van der Waals surface area (Å²) in [5, 5.41) is 7.69. The summed E-state index contributed by atoms with van der Waals surface area (Å²) < 4.78 is 5.23. The maximum absolute atomic E-state index is 2.48. The summed E-state index contributed by atoms with van der Waals surface area (Å²) in [6.07, 6.45) is 0. The molecule has 8 aromatic carbocycles. The topological polar surface area (TPSA) is 3.24 Å². The first-order chi connectivity index (χ1) is 24.3. The normalized spacial score (nSPS) is 11.7. The minimum atomic E-state index is 1.13. The van der Waals surface area contributed by atoms with Gasteiger partial charge in [0.1, 0.15) is 0 Å². The number of nitrogens with zero attached hydrogens (tertiary/aromatic N) is 1. The van der Waals surface area contributed by atoms with Crippen molar-refractivity contribution < 1.29 is 0 Å². The first-order valence-corrected chi connectivity index (χ1v) is 18.2. The molecule has 0 fully saturated rings. The average Bonchev–Trinajstić information content (AvgIpc) is 3.74. The van der Waals surface area contributed by atoms with Crippen molar-refractivity contribution in [3.05, 3.63) is 176 Å². The van der Waals surface area contributed by atoms with Gasteiger partial charge < -0.3 is 4.90 Å². The molecule has 10 aromatic rings. The van der Waals surface area contributed by atoms with Crippen LogP contribution >= 0.6 is 22.7 Å². The Bertz CT molecular complexity index is 2840. The second-order valence-corrected chi connectivity index (χ2v) is 14.6. The lowest BCUT2D eigenvalue weighted by molar-refractivity contribution is 1.31. The molecule has 3 heteroatoms. The number of benzene rings is 8. The van der Waals surface area contributed by atoms with Crippen molar-refractivity contribution in [1.29, 1.82) is 0 Å². The third-order valence-corrected chi connectivity index (χ3v) is 12.0. The van der Waals surface area contributed by atoms with Crippen LogP contribution in [0.5, 0.6) is 0 Å². The zero-order valence-corrected chi connectivity index (χ0v) is 28.1. The van der Waals surface area contributed by atoms with E-state index in [-0.39, 0.29) is 0 Å². The van der Waals surface area contributed by atoms with E-state index in [4.69, 9.17) is 0 Å². The molecule has 0 aliphatic rings. The SMILES string of the molecule is c1ccc(-c2cc(-c3cccc4c3sc3ccccc34)cc(N(c3ccc4ccccc4c3)c3cccc4c3sc3ccccc34)c2)cc1. The number of fused-ring (bicyclic) bond motifs is 7. The molecule has 0 N–H and O–H groups in total. The third kappa shape index (κ3) is 4.74. The van der Waals surface area contributed by atoms with Crippen LogP contribution in [-0.4, -0.2) is 0 Å². The van der Waals surface area contributed by atoms with Crippen LogP contribution in [0.4, 0.5) is 17.1 Å². The molecule has 0 spiro atoms. The lowest BCUT2D eigenvalue weighted by atomic mass is 9.96. The van der Waals surface area contributed by atoms with Crippen molar-refractivity contribution >= 4 is 90.9 Å². The van der Waals surface area contributed by atoms with Crippen molar-refractivity contribution in [1.82, 2.24) is 0 Å². The fourth-order valence-electron chi connectivity index (χ4n) is 7.32. The molecule has 0 bridgehead atoms. The van der Waals surface area contributed by atoms with E-state index >= 15 is 0 Å². The Kier molecular flexibility index (Phi) is 6.61. The van der Waals surface area contributed by atoms with Crippen LogP contribution in [0.1, 0.15) is 0 Å². The number of thiophene rings is 2. The molecule has 0 aliphatic carbocycles. The lowest BCUT2D eigenvalue weighted by Crippen LogP contribution is -2.10. The van der Waals surface area contributed by atoms with Crippen molar-refractivity contribution in [2.24, 2.45) is 0 Å². The molecule has 0 unspecified atom stereocenters. The summed E-state index contributed by atoms with van der Waals surface area (Å²) in [6.45, 7) is 0. The van der Waals surface area contributed by atoms with E-state index < -0.39 is 0 Å². The van der Waals surface area contributed by atoms with Gasteiger partial charge in [0.05, 0.1) is 10.4 Å². The van der Waals surface area contributed by atoms with E-state index in [2.05, 4.69) is 181 Å². The van der Waals surface area contributed by atoms with Crippen molar-refractivity contribution in [2.75, 3.05) is 4.90 Å². The molecular weight excluding hydrogens is 631 g/mol. The summed E-state index contributed by atoms with van der Waals surface area (Å²) in [5.41, 5.74) is 8.33. The first kappa shape index (κ1) is 28.3. The summed E-state index contributed by atoms with van der Waals surface area (Å²) in [5.74, 6) is 0. The van der Waals surface area contributed by atoms with Gasteiger partial charge in [0.15, 0.2) is 0 Å². The molecule has 0 aliphatic heterocycles. The molecule has 0 saturated heterocycles. The molecule has 2 aromatic heterocycles. The summed E-state index contributed by atoms with van der Waals surface area (Å²) in [6, 6.07) is 64.5. The predicted octanol–water partition coefficient (Wildman–Crippen LogP) is 14.4. The molecule has 0 saturated carbocycles. The van der Waals surface area contributed by atoms with Gasteiger partial charge in [0, 0.05) is 47.0 Å². The van der Waals surface area contributed by atoms with E-state index in [1.807, 2.05) is 22.7 Å². The van der Waals surface area contributed by atoms with Gasteiger partial charge in [-0.3, -0.25) is 0 Å². The number of hydrogen-bond acceptors (Lipinski definition) is 3. The zero-order valence-electron chi connectivity index (χ0n) is 26.5. The van der Waals surface area contributed by atoms with Crippen LogP contribution in [0, 0.1) is 0 Å². The average molecular weight is 660 g/mol. The van der Waals surface area contributed by atoms with Crippen LogP contribution in [0.3, 0.4) is 0 Å². The molecule has 49 heavy (non-hydrogen) atoms. The summed E-state index contributed by atoms with van der Waals surface area (Å²) >= 11 is 3.76. The molecule has 10 rings (SSSR count). The Morgan fingerprint density at radius 1 is 0.347 bits per heavy atom. The smallest absolute Gasteiger partial charge is 0.0640 e. The van der Waals surface area contributed by atoms with Crippen LogP contribution in [0.2, 0.25) is 0 Å². The van der Waals surface area contributed by atoms with Crippen LogP contribution in [0.25, 0.3) is 73.4 Å². The maximum Gasteiger partial charge on any atom is 0.0640 e. The number of hydrogen-bond donors (Lipinski definition) is 0. The Morgan fingerprint density at radius 3 is 1.76 bits per heavy atom. The molecule has 0 atom stereocenters. The minimum absolute atomic E-state index is 1.13. The van der Waals surface area contributed by atoms with Crippen LogP contribution in [-0.2, 0) is 0 Å². The van der Waals surface area contributed by atoms with Gasteiger partial charge in [-0.1, -0.05) is 127 Å². The van der Waals surface area contributed by atoms with E-state index in [1.165, 1.54) is 79.1 Å². The van der Waals surface area contributed by atoms with E-state index in [0.717, 1.165) is 11.4 Å². The van der Waals surface area contributed by atoms with Gasteiger partial charge in [0.2, 0.25) is 0 Å². The summed E-state index contributed by atoms with van der Waals surface area (Å²) in [4.78, 5) is 2.48. The number of anilines is 3. The minimum Gasteiger partial charge on any atom is -0.309 e. The highest BCUT2D eigenvalue weighted by atomic mass is 32.1. The molecule has 0 radical (unpaired) electrons. The Morgan fingerprint density at radius 2 is 0.959 bits per heavy atom. The highest BCUT2D eigenvalue weighted by Gasteiger charge is 2.21. The monoisotopic (exact) mass is 659 g/mol. The van der Waals surface area contributed by atoms with Crippen LogP contribution in [0.15, 0.2) is 176 Å². The largest absolute Gasteiger partial charge is 0.309 e. The Labute approximate surface area is 292 Å². The molecule has 0 amide bonds. The second-order valence-electron chi connectivity index (χ2n) is 12.5. The van der Waals surface area contributed by atoms with Crippen LogP contribution < -0.4 is 4.90 Å². The van der Waals surface area contributed by atoms with Crippen molar-refractivity contribution in [2.45, 2.75) is 0 Å². The molecular formula is C46H29NS2. The fraction of sp³-hybridized carbons (Fsp3) is 0. The summed E-state index contributed by atoms with van der Waals surface area (Å²) in [7, 11) is 0. The first-order valence-electron chi connectivity index (χ1n) is 16.6. The van der Waals surface area contributed by atoms with Gasteiger partial charge in [-0.2, -0.15) is 0 Å². The maximum atomic E-state index is 2.48. The third-order valence-electron chi connectivity index (χ3n) is 9.61. The van der Waals surface area contributed by atoms with E-state index in [1.54, 1.807) is 0 Å². The second kappa shape index (κ2) is 11.5. The standard InChI is InChI=1S/C46H29NS2/c1-2-12-30(13-3-1)33-26-34(37-18-10-19-40-38-16-6-8-22-43(38)48-45(37)40)29-36(28-33)47(35-25-24-31-14-4-5-15-32(31)27-35)42-21-11-20-41-39-17-7-9-23-44(39)49-46(41)42/h1-29H.